The molecule has 0 fully saturated rings. The molecule has 0 saturated heterocycles. The van der Waals surface area contributed by atoms with Crippen LogP contribution in [0.5, 0.6) is 0 Å². The van der Waals surface area contributed by atoms with Gasteiger partial charge in [0.1, 0.15) is 0 Å². The van der Waals surface area contributed by atoms with Crippen molar-refractivity contribution in [3.63, 3.8) is 0 Å². The molecular formula is C20H24F3N3O3S. The Morgan fingerprint density at radius 1 is 1.03 bits per heavy atom. The van der Waals surface area contributed by atoms with Gasteiger partial charge >= 0.3 is 6.18 Å². The first-order valence-electron chi connectivity index (χ1n) is 9.22. The van der Waals surface area contributed by atoms with Crippen molar-refractivity contribution in [1.82, 2.24) is 4.31 Å². The van der Waals surface area contributed by atoms with Gasteiger partial charge in [0.25, 0.3) is 5.91 Å². The summed E-state index contributed by atoms with van der Waals surface area (Å²) < 4.78 is 67.0. The molecule has 0 bridgehead atoms. The van der Waals surface area contributed by atoms with Crippen molar-refractivity contribution in [3.8, 4) is 0 Å². The van der Waals surface area contributed by atoms with Gasteiger partial charge in [-0.15, -0.1) is 0 Å². The number of amides is 1. The van der Waals surface area contributed by atoms with Crippen LogP contribution in [-0.2, 0) is 16.2 Å². The van der Waals surface area contributed by atoms with Crippen LogP contribution in [0.3, 0.4) is 0 Å². The maximum absolute atomic E-state index is 13.5. The summed E-state index contributed by atoms with van der Waals surface area (Å²) in [5.74, 6) is -0.838. The second-order valence-corrected chi connectivity index (χ2v) is 8.63. The van der Waals surface area contributed by atoms with Crippen LogP contribution in [0.25, 0.3) is 0 Å². The average molecular weight is 443 g/mol. The molecule has 2 rings (SSSR count). The molecule has 1 N–H and O–H groups in total. The van der Waals surface area contributed by atoms with E-state index in [1.54, 1.807) is 27.9 Å². The topological polar surface area (TPSA) is 69.7 Å². The molecular weight excluding hydrogens is 419 g/mol. The summed E-state index contributed by atoms with van der Waals surface area (Å²) >= 11 is 0. The van der Waals surface area contributed by atoms with Crippen molar-refractivity contribution in [2.24, 2.45) is 0 Å². The van der Waals surface area contributed by atoms with Gasteiger partial charge in [-0.25, -0.2) is 8.42 Å². The standard InChI is InChI=1S/C20H24F3N3O3S/c1-5-26(6-2)30(28,29)16-9-7-8-14(12-16)19(27)24-18-11-10-15(25(3)4)13-17(18)20(21,22)23/h7-13H,5-6H2,1-4H3,(H,24,27). The number of carbonyl (C=O) groups excluding carboxylic acids is 1. The van der Waals surface area contributed by atoms with Crippen molar-refractivity contribution >= 4 is 27.3 Å². The highest BCUT2D eigenvalue weighted by molar-refractivity contribution is 7.89. The molecule has 2 aromatic rings. The van der Waals surface area contributed by atoms with Crippen LogP contribution >= 0.6 is 0 Å². The lowest BCUT2D eigenvalue weighted by Crippen LogP contribution is -2.30. The lowest BCUT2D eigenvalue weighted by Gasteiger charge is -2.19. The van der Waals surface area contributed by atoms with Crippen LogP contribution in [-0.4, -0.2) is 45.8 Å². The van der Waals surface area contributed by atoms with Crippen molar-refractivity contribution in [1.29, 1.82) is 0 Å². The number of hydrogen-bond donors (Lipinski definition) is 1. The number of nitrogens with one attached hydrogen (secondary N) is 1. The minimum absolute atomic E-state index is 0.0620. The van der Waals surface area contributed by atoms with Gasteiger partial charge in [-0.1, -0.05) is 19.9 Å². The fourth-order valence-electron chi connectivity index (χ4n) is 2.86. The number of sulfonamides is 1. The Morgan fingerprint density at radius 3 is 2.20 bits per heavy atom. The zero-order valence-electron chi connectivity index (χ0n) is 17.1. The Kier molecular flexibility index (Phi) is 7.14. The summed E-state index contributed by atoms with van der Waals surface area (Å²) in [7, 11) is -0.595. The van der Waals surface area contributed by atoms with Crippen molar-refractivity contribution in [3.05, 3.63) is 53.6 Å². The Labute approximate surface area is 174 Å². The monoisotopic (exact) mass is 443 g/mol. The van der Waals surface area contributed by atoms with Gasteiger partial charge in [-0.2, -0.15) is 17.5 Å². The van der Waals surface area contributed by atoms with Gasteiger partial charge in [-0.3, -0.25) is 4.79 Å². The van der Waals surface area contributed by atoms with E-state index in [1.807, 2.05) is 0 Å². The van der Waals surface area contributed by atoms with Crippen molar-refractivity contribution in [2.75, 3.05) is 37.4 Å². The van der Waals surface area contributed by atoms with E-state index < -0.39 is 33.4 Å². The number of benzene rings is 2. The molecule has 0 spiro atoms. The van der Waals surface area contributed by atoms with Gasteiger partial charge in [0.05, 0.1) is 16.1 Å². The summed E-state index contributed by atoms with van der Waals surface area (Å²) in [5.41, 5.74) is -1.13. The van der Waals surface area contributed by atoms with Gasteiger partial charge < -0.3 is 10.2 Å². The van der Waals surface area contributed by atoms with Gasteiger partial charge in [-0.05, 0) is 36.4 Å². The summed E-state index contributed by atoms with van der Waals surface area (Å²) in [4.78, 5) is 14.0. The van der Waals surface area contributed by atoms with Gasteiger partial charge in [0.2, 0.25) is 10.0 Å². The van der Waals surface area contributed by atoms with Crippen molar-refractivity contribution < 1.29 is 26.4 Å². The molecule has 0 heterocycles. The first-order chi connectivity index (χ1) is 13.9. The molecule has 0 aromatic heterocycles. The quantitative estimate of drug-likeness (QED) is 0.701. The Hall–Kier alpha value is -2.59. The third kappa shape index (κ3) is 5.11. The lowest BCUT2D eigenvalue weighted by molar-refractivity contribution is -0.136. The molecule has 0 atom stereocenters. The summed E-state index contributed by atoms with van der Waals surface area (Å²) in [6.07, 6.45) is -4.68. The van der Waals surface area contributed by atoms with E-state index >= 15 is 0 Å². The number of alkyl halides is 3. The predicted molar refractivity (Wildman–Crippen MR) is 110 cm³/mol. The Balaban J connectivity index is 2.40. The molecule has 2 aromatic carbocycles. The highest BCUT2D eigenvalue weighted by atomic mass is 32.2. The van der Waals surface area contributed by atoms with E-state index in [1.165, 1.54) is 39.5 Å². The van der Waals surface area contributed by atoms with Crippen LogP contribution < -0.4 is 10.2 Å². The normalized spacial score (nSPS) is 12.1. The summed E-state index contributed by atoms with van der Waals surface area (Å²) in [6.45, 7) is 3.88. The lowest BCUT2D eigenvalue weighted by atomic mass is 10.1. The fourth-order valence-corrected chi connectivity index (χ4v) is 4.36. The number of anilines is 2. The minimum atomic E-state index is -4.68. The molecule has 0 unspecified atom stereocenters. The van der Waals surface area contributed by atoms with Gasteiger partial charge in [0.15, 0.2) is 0 Å². The summed E-state index contributed by atoms with van der Waals surface area (Å²) in [5, 5.41) is 2.25. The van der Waals surface area contributed by atoms with Crippen LogP contribution in [0.1, 0.15) is 29.8 Å². The summed E-state index contributed by atoms with van der Waals surface area (Å²) in [6, 6.07) is 8.79. The largest absolute Gasteiger partial charge is 0.418 e. The number of hydrogen-bond acceptors (Lipinski definition) is 4. The molecule has 0 saturated carbocycles. The molecule has 0 radical (unpaired) electrons. The van der Waals surface area contributed by atoms with Gasteiger partial charge in [0, 0.05) is 38.4 Å². The Bertz CT molecular complexity index is 1020. The number of halogens is 3. The predicted octanol–water partition coefficient (Wildman–Crippen LogP) is 4.05. The minimum Gasteiger partial charge on any atom is -0.378 e. The van der Waals surface area contributed by atoms with Crippen LogP contribution in [0, 0.1) is 0 Å². The zero-order chi connectivity index (χ0) is 22.7. The van der Waals surface area contributed by atoms with E-state index in [4.69, 9.17) is 0 Å². The van der Waals surface area contributed by atoms with E-state index in [2.05, 4.69) is 5.32 Å². The molecule has 164 valence electrons. The molecule has 0 aliphatic carbocycles. The maximum Gasteiger partial charge on any atom is 0.418 e. The zero-order valence-corrected chi connectivity index (χ0v) is 17.9. The number of rotatable bonds is 7. The van der Waals surface area contributed by atoms with E-state index in [0.29, 0.717) is 5.69 Å². The SMILES string of the molecule is CCN(CC)S(=O)(=O)c1cccc(C(=O)Nc2ccc(N(C)C)cc2C(F)(F)F)c1. The van der Waals surface area contributed by atoms with E-state index in [0.717, 1.165) is 12.1 Å². The van der Waals surface area contributed by atoms with Crippen LogP contribution in [0.15, 0.2) is 47.4 Å². The second-order valence-electron chi connectivity index (χ2n) is 6.69. The maximum atomic E-state index is 13.5. The Morgan fingerprint density at radius 2 is 1.67 bits per heavy atom. The van der Waals surface area contributed by atoms with E-state index in [9.17, 15) is 26.4 Å². The highest BCUT2D eigenvalue weighted by Crippen LogP contribution is 2.37. The second kappa shape index (κ2) is 9.05. The smallest absolute Gasteiger partial charge is 0.378 e. The third-order valence-corrected chi connectivity index (χ3v) is 6.56. The number of carbonyl (C=O) groups is 1. The highest BCUT2D eigenvalue weighted by Gasteiger charge is 2.34. The average Bonchev–Trinajstić information content (AvgIpc) is 2.68. The van der Waals surface area contributed by atoms with E-state index in [-0.39, 0.29) is 23.5 Å². The van der Waals surface area contributed by atoms with Crippen LogP contribution in [0.2, 0.25) is 0 Å². The number of nitrogens with zero attached hydrogens (tertiary/aromatic N) is 2. The molecule has 0 aliphatic heterocycles. The molecule has 1 amide bonds. The first kappa shape index (κ1) is 23.7. The molecule has 10 heteroatoms. The van der Waals surface area contributed by atoms with Crippen molar-refractivity contribution in [2.45, 2.75) is 24.9 Å². The fraction of sp³-hybridized carbons (Fsp3) is 0.350. The molecule has 30 heavy (non-hydrogen) atoms. The third-order valence-electron chi connectivity index (χ3n) is 4.51. The molecule has 0 aliphatic rings. The van der Waals surface area contributed by atoms with Crippen LogP contribution in [0.4, 0.5) is 24.5 Å². The molecule has 6 nitrogen and oxygen atoms in total. The first-order valence-corrected chi connectivity index (χ1v) is 10.7.